The molecule has 112 valence electrons. The van der Waals surface area contributed by atoms with E-state index in [0.717, 1.165) is 0 Å². The summed E-state index contributed by atoms with van der Waals surface area (Å²) in [5.41, 5.74) is 0.00775. The maximum atomic E-state index is 4.29. The molecule has 0 aliphatic heterocycles. The zero-order valence-electron chi connectivity index (χ0n) is 14.4. The van der Waals surface area contributed by atoms with Gasteiger partial charge in [0, 0.05) is 0 Å². The molecule has 0 aromatic heterocycles. The van der Waals surface area contributed by atoms with Crippen molar-refractivity contribution in [2.24, 2.45) is 0 Å². The molecular formula is C14H32N4Ti. The van der Waals surface area contributed by atoms with Gasteiger partial charge in [0.25, 0.3) is 0 Å². The second-order valence-electron chi connectivity index (χ2n) is 5.79. The molecule has 0 fully saturated rings. The van der Waals surface area contributed by atoms with Crippen LogP contribution < -0.4 is 0 Å². The summed E-state index contributed by atoms with van der Waals surface area (Å²) in [6, 6.07) is 0. The third-order valence-corrected chi connectivity index (χ3v) is 0.990. The van der Waals surface area contributed by atoms with E-state index in [-0.39, 0.29) is 32.8 Å². The van der Waals surface area contributed by atoms with Gasteiger partial charge in [0.05, 0.1) is 0 Å². The summed E-state index contributed by atoms with van der Waals surface area (Å²) >= 11 is 0. The van der Waals surface area contributed by atoms with Gasteiger partial charge < -0.3 is 21.3 Å². The molecule has 0 unspecified atom stereocenters. The third-order valence-electron chi connectivity index (χ3n) is 0.990. The van der Waals surface area contributed by atoms with E-state index < -0.39 is 0 Å². The molecule has 0 aliphatic rings. The molecule has 19 heavy (non-hydrogen) atoms. The van der Waals surface area contributed by atoms with Gasteiger partial charge in [-0.05, 0) is 0 Å². The molecule has 0 saturated heterocycles. The van der Waals surface area contributed by atoms with E-state index >= 15 is 0 Å². The Balaban J connectivity index is -0.000000137. The van der Waals surface area contributed by atoms with Crippen LogP contribution in [0.2, 0.25) is 0 Å². The second-order valence-corrected chi connectivity index (χ2v) is 5.79. The Morgan fingerprint density at radius 3 is 0.842 bits per heavy atom. The Labute approximate surface area is 136 Å². The average molecular weight is 304 g/mol. The SMILES string of the molecule is CC(C)(C)[N-]C=C[N-]C(C)(C)C.C[N-]C.C[N-]C.[Ti+4]. The fourth-order valence-corrected chi connectivity index (χ4v) is 0.514. The van der Waals surface area contributed by atoms with Gasteiger partial charge in [-0.1, -0.05) is 41.5 Å². The number of hydrogen-bond donors (Lipinski definition) is 0. The van der Waals surface area contributed by atoms with E-state index in [0.29, 0.717) is 0 Å². The zero-order valence-corrected chi connectivity index (χ0v) is 16.0. The van der Waals surface area contributed by atoms with Crippen molar-refractivity contribution in [2.75, 3.05) is 28.2 Å². The molecule has 0 bridgehead atoms. The van der Waals surface area contributed by atoms with E-state index in [2.05, 4.69) is 62.8 Å². The van der Waals surface area contributed by atoms with Crippen LogP contribution in [0.15, 0.2) is 12.4 Å². The Kier molecular flexibility index (Phi) is 23.1. The maximum absolute atomic E-state index is 4.29. The fourth-order valence-electron chi connectivity index (χ4n) is 0.514. The van der Waals surface area contributed by atoms with Crippen molar-refractivity contribution in [3.05, 3.63) is 33.7 Å². The molecule has 4 nitrogen and oxygen atoms in total. The van der Waals surface area contributed by atoms with Crippen molar-refractivity contribution in [1.82, 2.24) is 0 Å². The number of hydrogen-bond acceptors (Lipinski definition) is 0. The molecule has 0 atom stereocenters. The Morgan fingerprint density at radius 1 is 0.579 bits per heavy atom. The predicted molar refractivity (Wildman–Crippen MR) is 85.8 cm³/mol. The largest absolute Gasteiger partial charge is 4.00 e. The molecule has 0 N–H and O–H groups in total. The summed E-state index contributed by atoms with van der Waals surface area (Å²) in [7, 11) is 7.00. The van der Waals surface area contributed by atoms with Crippen LogP contribution in [0.4, 0.5) is 0 Å². The van der Waals surface area contributed by atoms with Crippen molar-refractivity contribution in [3.63, 3.8) is 0 Å². The van der Waals surface area contributed by atoms with Crippen LogP contribution in [0.3, 0.4) is 0 Å². The third kappa shape index (κ3) is 57.0. The first kappa shape index (κ1) is 27.3. The molecule has 0 aliphatic carbocycles. The van der Waals surface area contributed by atoms with E-state index in [9.17, 15) is 0 Å². The van der Waals surface area contributed by atoms with Crippen LogP contribution in [0.1, 0.15) is 41.5 Å². The van der Waals surface area contributed by atoms with E-state index in [4.69, 9.17) is 0 Å². The van der Waals surface area contributed by atoms with Gasteiger partial charge in [0.15, 0.2) is 0 Å². The van der Waals surface area contributed by atoms with Gasteiger partial charge in [-0.25, -0.2) is 12.4 Å². The van der Waals surface area contributed by atoms with Crippen molar-refractivity contribution >= 4 is 0 Å². The molecule has 5 heteroatoms. The van der Waals surface area contributed by atoms with E-state index in [1.54, 1.807) is 40.6 Å². The molecular weight excluding hydrogens is 272 g/mol. The Bertz CT molecular complexity index is 161. The Morgan fingerprint density at radius 2 is 0.737 bits per heavy atom. The van der Waals surface area contributed by atoms with Gasteiger partial charge in [0.1, 0.15) is 0 Å². The molecule has 0 rings (SSSR count). The van der Waals surface area contributed by atoms with Crippen molar-refractivity contribution in [2.45, 2.75) is 52.6 Å². The minimum atomic E-state index is 0. The molecule has 0 aromatic carbocycles. The van der Waals surface area contributed by atoms with Crippen molar-refractivity contribution in [1.29, 1.82) is 0 Å². The minimum Gasteiger partial charge on any atom is -0.687 e. The van der Waals surface area contributed by atoms with Crippen molar-refractivity contribution < 1.29 is 21.7 Å². The van der Waals surface area contributed by atoms with Crippen LogP contribution in [-0.2, 0) is 21.7 Å². The summed E-state index contributed by atoms with van der Waals surface area (Å²) in [4.78, 5) is 0. The first-order chi connectivity index (χ1) is 8.04. The standard InChI is InChI=1S/C10H20N2.2C2H6N.Ti/c1-9(2,3)11-7-8-12-10(4,5)6;2*1-3-2;/h7-8H,1-6H3;2*1-2H3;/q-2;2*-1;+4. The normalized spacial score (nSPS) is 10.4. The topological polar surface area (TPSA) is 56.4 Å². The first-order valence-electron chi connectivity index (χ1n) is 6.09. The fraction of sp³-hybridized carbons (Fsp3) is 0.857. The molecule has 0 amide bonds. The quantitative estimate of drug-likeness (QED) is 0.642. The van der Waals surface area contributed by atoms with Crippen LogP contribution in [0.5, 0.6) is 0 Å². The molecule has 0 spiro atoms. The number of rotatable bonds is 2. The van der Waals surface area contributed by atoms with Crippen LogP contribution in [0, 0.1) is 0 Å². The zero-order chi connectivity index (χ0) is 15.2. The van der Waals surface area contributed by atoms with Crippen LogP contribution >= 0.6 is 0 Å². The predicted octanol–water partition coefficient (Wildman–Crippen LogP) is 5.04. The van der Waals surface area contributed by atoms with Crippen LogP contribution in [0.25, 0.3) is 21.3 Å². The van der Waals surface area contributed by atoms with E-state index in [1.165, 1.54) is 0 Å². The molecule has 0 saturated carbocycles. The Hall–Kier alpha value is -0.0257. The van der Waals surface area contributed by atoms with Gasteiger partial charge in [-0.15, -0.1) is 11.1 Å². The first-order valence-corrected chi connectivity index (χ1v) is 6.09. The maximum Gasteiger partial charge on any atom is 4.00 e. The molecule has 0 heterocycles. The number of nitrogens with zero attached hydrogens (tertiary/aromatic N) is 4. The van der Waals surface area contributed by atoms with Crippen molar-refractivity contribution in [3.8, 4) is 0 Å². The summed E-state index contributed by atoms with van der Waals surface area (Å²) in [5, 5.41) is 15.6. The smallest absolute Gasteiger partial charge is 0.687 e. The van der Waals surface area contributed by atoms with Gasteiger partial charge in [-0.2, -0.15) is 28.2 Å². The molecule has 0 aromatic rings. The minimum absolute atomic E-state index is 0. The van der Waals surface area contributed by atoms with Crippen LogP contribution in [-0.4, -0.2) is 39.3 Å². The van der Waals surface area contributed by atoms with Gasteiger partial charge >= 0.3 is 21.7 Å². The van der Waals surface area contributed by atoms with Gasteiger partial charge in [-0.3, -0.25) is 0 Å². The van der Waals surface area contributed by atoms with E-state index in [1.807, 2.05) is 0 Å². The molecule has 0 radical (unpaired) electrons. The summed E-state index contributed by atoms with van der Waals surface area (Å²) in [6.45, 7) is 12.4. The van der Waals surface area contributed by atoms with Gasteiger partial charge in [0.2, 0.25) is 0 Å². The average Bonchev–Trinajstić information content (AvgIpc) is 2.12. The summed E-state index contributed by atoms with van der Waals surface area (Å²) < 4.78 is 0. The summed E-state index contributed by atoms with van der Waals surface area (Å²) in [5.74, 6) is 0. The second kappa shape index (κ2) is 16.0. The monoisotopic (exact) mass is 304 g/mol. The summed E-state index contributed by atoms with van der Waals surface area (Å²) in [6.07, 6.45) is 3.54.